The van der Waals surface area contributed by atoms with Gasteiger partial charge in [0.1, 0.15) is 29.5 Å². The first-order valence-electron chi connectivity index (χ1n) is 11.5. The molecule has 1 saturated carbocycles. The molecular formula is C23H24FN9O3. The Kier molecular flexibility index (Phi) is 5.21. The summed E-state index contributed by atoms with van der Waals surface area (Å²) in [6, 6.07) is 4.11. The molecule has 1 aliphatic carbocycles. The summed E-state index contributed by atoms with van der Waals surface area (Å²) in [4.78, 5) is 35.5. The number of ether oxygens (including phenoxy) is 1. The molecule has 3 atom stereocenters. The average Bonchev–Trinajstić information content (AvgIpc) is 3.56. The van der Waals surface area contributed by atoms with Crippen molar-refractivity contribution in [3.63, 3.8) is 0 Å². The minimum absolute atomic E-state index is 0.107. The van der Waals surface area contributed by atoms with Crippen LogP contribution in [-0.4, -0.2) is 60.3 Å². The Labute approximate surface area is 204 Å². The summed E-state index contributed by atoms with van der Waals surface area (Å²) in [5, 5.41) is 13.4. The number of aromatic nitrogens is 6. The van der Waals surface area contributed by atoms with Crippen molar-refractivity contribution >= 4 is 34.4 Å². The number of anilines is 3. The van der Waals surface area contributed by atoms with E-state index in [0.29, 0.717) is 28.4 Å². The Balaban J connectivity index is 1.54. The summed E-state index contributed by atoms with van der Waals surface area (Å²) in [6.45, 7) is 0.107. The van der Waals surface area contributed by atoms with Crippen LogP contribution in [0.15, 0.2) is 41.7 Å². The summed E-state index contributed by atoms with van der Waals surface area (Å²) < 4.78 is 24.8. The van der Waals surface area contributed by atoms with Crippen LogP contribution in [0.2, 0.25) is 0 Å². The van der Waals surface area contributed by atoms with Gasteiger partial charge >= 0.3 is 6.03 Å². The van der Waals surface area contributed by atoms with Gasteiger partial charge in [0.05, 0.1) is 24.4 Å². The molecule has 12 nitrogen and oxygen atoms in total. The van der Waals surface area contributed by atoms with Gasteiger partial charge in [0.2, 0.25) is 0 Å². The number of hydrogen-bond donors (Lipinski definition) is 3. The zero-order valence-corrected chi connectivity index (χ0v) is 19.6. The number of imidazole rings is 1. The topological polar surface area (TPSA) is 133 Å². The number of alkyl halides is 1. The van der Waals surface area contributed by atoms with Gasteiger partial charge in [-0.2, -0.15) is 5.10 Å². The molecule has 1 amide bonds. The van der Waals surface area contributed by atoms with Gasteiger partial charge in [-0.3, -0.25) is 14.0 Å². The number of fused-ring (bicyclic) bond motifs is 4. The smallest absolute Gasteiger partial charge is 0.328 e. The number of nitrogens with zero attached hydrogens (tertiary/aromatic N) is 6. The highest BCUT2D eigenvalue weighted by Crippen LogP contribution is 2.29. The molecule has 1 aliphatic heterocycles. The lowest BCUT2D eigenvalue weighted by Gasteiger charge is -2.22. The molecule has 0 radical (unpaired) electrons. The van der Waals surface area contributed by atoms with Crippen LogP contribution in [0.1, 0.15) is 18.4 Å². The van der Waals surface area contributed by atoms with Gasteiger partial charge in [-0.25, -0.2) is 23.7 Å². The predicted octanol–water partition coefficient (Wildman–Crippen LogP) is 2.06. The Morgan fingerprint density at radius 2 is 2.08 bits per heavy atom. The summed E-state index contributed by atoms with van der Waals surface area (Å²) in [7, 11) is 3.50. The second-order valence-electron chi connectivity index (χ2n) is 8.98. The Hall–Kier alpha value is -4.26. The lowest BCUT2D eigenvalue weighted by Crippen LogP contribution is -2.43. The number of carbonyl (C=O) groups is 1. The van der Waals surface area contributed by atoms with Crippen LogP contribution in [0.25, 0.3) is 17.0 Å². The Morgan fingerprint density at radius 3 is 2.86 bits per heavy atom. The van der Waals surface area contributed by atoms with Crippen LogP contribution in [0.4, 0.5) is 26.4 Å². The van der Waals surface area contributed by atoms with E-state index in [1.54, 1.807) is 49.4 Å². The van der Waals surface area contributed by atoms with Gasteiger partial charge < -0.3 is 20.7 Å². The fraction of sp³-hybridized carbons (Fsp3) is 0.348. The van der Waals surface area contributed by atoms with Crippen molar-refractivity contribution in [1.29, 1.82) is 0 Å². The van der Waals surface area contributed by atoms with Crippen molar-refractivity contribution in [3.8, 4) is 5.82 Å². The van der Waals surface area contributed by atoms with Crippen molar-refractivity contribution in [2.24, 2.45) is 7.05 Å². The molecule has 4 bridgehead atoms. The predicted molar refractivity (Wildman–Crippen MR) is 130 cm³/mol. The molecule has 4 aromatic heterocycles. The molecule has 0 saturated heterocycles. The largest absolute Gasteiger partial charge is 0.386 e. The zero-order valence-electron chi connectivity index (χ0n) is 19.6. The van der Waals surface area contributed by atoms with Gasteiger partial charge in [-0.05, 0) is 11.6 Å². The maximum Gasteiger partial charge on any atom is 0.328 e. The third-order valence-electron chi connectivity index (χ3n) is 6.50. The van der Waals surface area contributed by atoms with Crippen LogP contribution < -0.4 is 21.5 Å². The molecule has 4 aromatic rings. The Bertz CT molecular complexity index is 1540. The number of amides is 1. The van der Waals surface area contributed by atoms with Gasteiger partial charge in [-0.15, -0.1) is 0 Å². The molecule has 0 unspecified atom stereocenters. The van der Waals surface area contributed by atoms with Gasteiger partial charge in [0.15, 0.2) is 11.5 Å². The maximum atomic E-state index is 14.4. The third kappa shape index (κ3) is 3.77. The number of hydrogen-bond acceptors (Lipinski definition) is 8. The highest BCUT2D eigenvalue weighted by Gasteiger charge is 2.37. The maximum absolute atomic E-state index is 14.4. The minimum atomic E-state index is -1.10. The normalized spacial score (nSPS) is 21.6. The Morgan fingerprint density at radius 1 is 1.22 bits per heavy atom. The molecule has 0 spiro atoms. The van der Waals surface area contributed by atoms with E-state index in [-0.39, 0.29) is 36.3 Å². The molecular weight excluding hydrogens is 469 g/mol. The summed E-state index contributed by atoms with van der Waals surface area (Å²) in [5.41, 5.74) is 1.96. The van der Waals surface area contributed by atoms with E-state index in [0.717, 1.165) is 0 Å². The van der Waals surface area contributed by atoms with Crippen LogP contribution in [0.5, 0.6) is 0 Å². The van der Waals surface area contributed by atoms with Crippen LogP contribution in [-0.2, 0) is 18.4 Å². The standard InChI is InChI=1S/C23H24FN9O3/c1-25-15-8-18-27-16-5-12(9-32(22(16)34)19-3-4-31(2)30-19)10-36-17-7-13(24)6-14(17)28-23(35)33-11-26-20(15)21(33)29-18/h3-5,8-9,11,13-14,17H,6-7,10H2,1-2H3,(H,28,35)(H2,25,27,29)/t13-,14-,17-/m1/s1. The number of nitrogens with one attached hydrogen (secondary N) is 3. The number of carbonyl (C=O) groups excluding carboxylic acids is 1. The summed E-state index contributed by atoms with van der Waals surface area (Å²) in [6.07, 6.45) is 3.43. The first-order valence-corrected chi connectivity index (χ1v) is 11.5. The number of pyridine rings is 2. The van der Waals surface area contributed by atoms with Crippen LogP contribution >= 0.6 is 0 Å². The number of rotatable bonds is 2. The summed E-state index contributed by atoms with van der Waals surface area (Å²) >= 11 is 0. The number of aryl methyl sites for hydroxylation is 1. The second kappa shape index (κ2) is 8.45. The molecule has 13 heteroatoms. The van der Waals surface area contributed by atoms with Gasteiger partial charge in [0, 0.05) is 51.5 Å². The highest BCUT2D eigenvalue weighted by molar-refractivity contribution is 5.94. The van der Waals surface area contributed by atoms with Crippen LogP contribution in [0.3, 0.4) is 0 Å². The first kappa shape index (κ1) is 22.2. The lowest BCUT2D eigenvalue weighted by atomic mass is 10.2. The van der Waals surface area contributed by atoms with E-state index in [4.69, 9.17) is 4.74 Å². The average molecular weight is 494 g/mol. The monoisotopic (exact) mass is 493 g/mol. The van der Waals surface area contributed by atoms with Crippen molar-refractivity contribution in [2.45, 2.75) is 37.8 Å². The zero-order chi connectivity index (χ0) is 25.0. The van der Waals surface area contributed by atoms with E-state index >= 15 is 0 Å². The second-order valence-corrected chi connectivity index (χ2v) is 8.98. The minimum Gasteiger partial charge on any atom is -0.386 e. The van der Waals surface area contributed by atoms with Crippen molar-refractivity contribution in [3.05, 3.63) is 52.8 Å². The molecule has 0 aromatic carbocycles. The highest BCUT2D eigenvalue weighted by atomic mass is 19.1. The molecule has 6 rings (SSSR count). The van der Waals surface area contributed by atoms with Crippen molar-refractivity contribution in [1.82, 2.24) is 34.2 Å². The van der Waals surface area contributed by atoms with E-state index < -0.39 is 24.3 Å². The molecule has 1 fully saturated rings. The van der Waals surface area contributed by atoms with E-state index in [1.807, 2.05) is 0 Å². The third-order valence-corrected chi connectivity index (χ3v) is 6.50. The van der Waals surface area contributed by atoms with E-state index in [1.165, 1.54) is 15.5 Å². The molecule has 5 heterocycles. The fourth-order valence-electron chi connectivity index (χ4n) is 4.75. The summed E-state index contributed by atoms with van der Waals surface area (Å²) in [5.74, 6) is 0.782. The lowest BCUT2D eigenvalue weighted by molar-refractivity contribution is 0.0271. The molecule has 2 aliphatic rings. The van der Waals surface area contributed by atoms with Crippen LogP contribution in [0, 0.1) is 0 Å². The number of halogens is 1. The molecule has 36 heavy (non-hydrogen) atoms. The van der Waals surface area contributed by atoms with Crippen molar-refractivity contribution in [2.75, 3.05) is 17.7 Å². The SMILES string of the molecule is CNc1cc2nc3c1ncn3C(=O)N[C@@H]1C[C@@H](F)C[C@H]1OCc1cc(c(=O)n(-c3ccn(C)n3)c1)N2. The van der Waals surface area contributed by atoms with Gasteiger partial charge in [0.25, 0.3) is 5.56 Å². The van der Waals surface area contributed by atoms with Gasteiger partial charge in [-0.1, -0.05) is 0 Å². The van der Waals surface area contributed by atoms with Crippen molar-refractivity contribution < 1.29 is 13.9 Å². The molecule has 186 valence electrons. The first-order chi connectivity index (χ1) is 17.4. The fourth-order valence-corrected chi connectivity index (χ4v) is 4.75. The van der Waals surface area contributed by atoms with E-state index in [2.05, 4.69) is 31.0 Å². The quantitative estimate of drug-likeness (QED) is 0.387. The molecule has 3 N–H and O–H groups in total. The van der Waals surface area contributed by atoms with E-state index in [9.17, 15) is 14.0 Å².